The van der Waals surface area contributed by atoms with E-state index in [1.807, 2.05) is 12.1 Å². The van der Waals surface area contributed by atoms with Gasteiger partial charge in [-0.1, -0.05) is 0 Å². The van der Waals surface area contributed by atoms with Crippen molar-refractivity contribution in [2.24, 2.45) is 0 Å². The van der Waals surface area contributed by atoms with E-state index in [2.05, 4.69) is 33.5 Å². The molecule has 70 valence electrons. The van der Waals surface area contributed by atoms with Crippen molar-refractivity contribution in [3.8, 4) is 15.2 Å². The van der Waals surface area contributed by atoms with Crippen LogP contribution in [0.5, 0.6) is 0 Å². The molecule has 0 saturated heterocycles. The Hall–Kier alpha value is -0.280. The highest BCUT2D eigenvalue weighted by Crippen LogP contribution is 2.38. The summed E-state index contributed by atoms with van der Waals surface area (Å²) in [6.07, 6.45) is 0. The molecule has 0 aromatic carbocycles. The lowest BCUT2D eigenvalue weighted by molar-refractivity contribution is 1.56. The van der Waals surface area contributed by atoms with Gasteiger partial charge in [-0.3, -0.25) is 0 Å². The maximum absolute atomic E-state index is 8.52. The number of nitrogens with zero attached hydrogens (tertiary/aromatic N) is 1. The molecule has 0 saturated carbocycles. The molecule has 1 nitrogen and oxygen atoms in total. The lowest BCUT2D eigenvalue weighted by atomic mass is 10.4. The van der Waals surface area contributed by atoms with Gasteiger partial charge in [-0.2, -0.15) is 5.26 Å². The second kappa shape index (κ2) is 4.49. The van der Waals surface area contributed by atoms with Crippen LogP contribution >= 0.6 is 50.4 Å². The molecule has 0 spiro atoms. The molecule has 0 N–H and O–H groups in total. The van der Waals surface area contributed by atoms with Crippen molar-refractivity contribution in [3.63, 3.8) is 0 Å². The van der Waals surface area contributed by atoms with E-state index in [0.29, 0.717) is 0 Å². The van der Waals surface area contributed by atoms with Crippen molar-refractivity contribution >= 4 is 50.4 Å². The Morgan fingerprint density at radius 1 is 1.14 bits per heavy atom. The predicted octanol–water partition coefficient (Wildman–Crippen LogP) is 4.81. The van der Waals surface area contributed by atoms with Gasteiger partial charge in [0.1, 0.15) is 5.40 Å². The highest BCUT2D eigenvalue weighted by atomic mass is 79.9. The van der Waals surface area contributed by atoms with E-state index in [1.165, 1.54) is 21.5 Å². The van der Waals surface area contributed by atoms with Crippen LogP contribution < -0.4 is 0 Å². The smallest absolute Gasteiger partial charge is 0.139 e. The zero-order valence-corrected chi connectivity index (χ0v) is 10.9. The van der Waals surface area contributed by atoms with Gasteiger partial charge in [-0.15, -0.1) is 22.7 Å². The number of rotatable bonds is 2. The van der Waals surface area contributed by atoms with Gasteiger partial charge in [0.25, 0.3) is 0 Å². The molecule has 5 heteroatoms. The summed E-state index contributed by atoms with van der Waals surface area (Å²) in [4.78, 5) is 2.46. The summed E-state index contributed by atoms with van der Waals surface area (Å²) in [5, 5.41) is 10.6. The molecule has 0 aliphatic heterocycles. The molecule has 0 bridgehead atoms. The van der Waals surface area contributed by atoms with E-state index in [9.17, 15) is 0 Å². The first kappa shape index (κ1) is 10.2. The average molecular weight is 302 g/mol. The van der Waals surface area contributed by atoms with Crippen molar-refractivity contribution in [1.29, 1.82) is 5.26 Å². The Morgan fingerprint density at radius 3 is 2.50 bits per heavy atom. The Kier molecular flexibility index (Phi) is 3.29. The fraction of sp³-hybridized carbons (Fsp3) is 0. The van der Waals surface area contributed by atoms with E-state index < -0.39 is 0 Å². The van der Waals surface area contributed by atoms with Crippen LogP contribution in [0, 0.1) is 10.7 Å². The first-order valence-electron chi connectivity index (χ1n) is 3.71. The minimum absolute atomic E-state index is 1.05. The van der Waals surface area contributed by atoms with Crippen molar-refractivity contribution in [2.75, 3.05) is 0 Å². The second-order valence-electron chi connectivity index (χ2n) is 2.42. The maximum Gasteiger partial charge on any atom is 0.139 e. The minimum Gasteiger partial charge on any atom is -0.185 e. The third-order valence-electron chi connectivity index (χ3n) is 1.54. The van der Waals surface area contributed by atoms with Gasteiger partial charge < -0.3 is 0 Å². The first-order chi connectivity index (χ1) is 6.79. The normalized spacial score (nSPS) is 10.0. The standard InChI is InChI=1S/C9H4BrNS3/c10-8-3-1-6(13-8)7-2-4-9(14-7)12-5-11/h1-4H. The van der Waals surface area contributed by atoms with Crippen molar-refractivity contribution in [1.82, 2.24) is 0 Å². The quantitative estimate of drug-likeness (QED) is 0.587. The second-order valence-corrected chi connectivity index (χ2v) is 7.05. The van der Waals surface area contributed by atoms with Gasteiger partial charge in [0.05, 0.1) is 8.00 Å². The van der Waals surface area contributed by atoms with Crippen molar-refractivity contribution in [2.45, 2.75) is 4.21 Å². The summed E-state index contributed by atoms with van der Waals surface area (Å²) >= 11 is 8.01. The lowest BCUT2D eigenvalue weighted by Crippen LogP contribution is -1.55. The molecule has 0 unspecified atom stereocenters. The third-order valence-corrected chi connectivity index (χ3v) is 5.17. The molecule has 0 aliphatic rings. The molecular weight excluding hydrogens is 298 g/mol. The minimum atomic E-state index is 1.05. The van der Waals surface area contributed by atoms with Crippen LogP contribution in [0.2, 0.25) is 0 Å². The number of halogens is 1. The summed E-state index contributed by atoms with van der Waals surface area (Å²) in [5.41, 5.74) is 0. The first-order valence-corrected chi connectivity index (χ1v) is 6.95. The monoisotopic (exact) mass is 301 g/mol. The molecular formula is C9H4BrNS3. The van der Waals surface area contributed by atoms with Gasteiger partial charge in [0, 0.05) is 21.5 Å². The molecule has 0 fully saturated rings. The number of thiophene rings is 2. The molecule has 2 heterocycles. The third kappa shape index (κ3) is 2.20. The highest BCUT2D eigenvalue weighted by molar-refractivity contribution is 9.11. The van der Waals surface area contributed by atoms with E-state index in [1.54, 1.807) is 22.7 Å². The fourth-order valence-corrected chi connectivity index (χ4v) is 3.99. The molecule has 0 amide bonds. The zero-order valence-electron chi connectivity index (χ0n) is 6.86. The van der Waals surface area contributed by atoms with Gasteiger partial charge in [-0.25, -0.2) is 0 Å². The van der Waals surface area contributed by atoms with Crippen LogP contribution in [0.3, 0.4) is 0 Å². The summed E-state index contributed by atoms with van der Waals surface area (Å²) in [7, 11) is 0. The van der Waals surface area contributed by atoms with E-state index in [4.69, 9.17) is 5.26 Å². The van der Waals surface area contributed by atoms with Crippen LogP contribution in [0.15, 0.2) is 32.3 Å². The molecule has 14 heavy (non-hydrogen) atoms. The van der Waals surface area contributed by atoms with Crippen LogP contribution in [-0.2, 0) is 0 Å². The number of hydrogen-bond donors (Lipinski definition) is 0. The van der Waals surface area contributed by atoms with Gasteiger partial charge in [0.15, 0.2) is 0 Å². The number of thiocyanates is 1. The van der Waals surface area contributed by atoms with Crippen LogP contribution in [0.4, 0.5) is 0 Å². The molecule has 0 radical (unpaired) electrons. The lowest BCUT2D eigenvalue weighted by Gasteiger charge is -1.87. The summed E-state index contributed by atoms with van der Waals surface area (Å²) in [6.45, 7) is 0. The Morgan fingerprint density at radius 2 is 1.86 bits per heavy atom. The molecule has 0 aliphatic carbocycles. The number of thioether (sulfide) groups is 1. The Bertz CT molecular complexity index is 480. The summed E-state index contributed by atoms with van der Waals surface area (Å²) in [6, 6.07) is 8.17. The maximum atomic E-state index is 8.52. The van der Waals surface area contributed by atoms with E-state index in [0.717, 1.165) is 8.00 Å². The molecule has 2 aromatic rings. The zero-order chi connectivity index (χ0) is 9.97. The predicted molar refractivity (Wildman–Crippen MR) is 66.8 cm³/mol. The van der Waals surface area contributed by atoms with Gasteiger partial charge in [-0.05, 0) is 40.2 Å². The van der Waals surface area contributed by atoms with E-state index in [-0.39, 0.29) is 0 Å². The molecule has 0 atom stereocenters. The van der Waals surface area contributed by atoms with Crippen LogP contribution in [0.1, 0.15) is 0 Å². The largest absolute Gasteiger partial charge is 0.185 e. The van der Waals surface area contributed by atoms with Crippen molar-refractivity contribution in [3.05, 3.63) is 28.1 Å². The van der Waals surface area contributed by atoms with Gasteiger partial charge in [0.2, 0.25) is 0 Å². The topological polar surface area (TPSA) is 23.8 Å². The molecule has 2 aromatic heterocycles. The summed E-state index contributed by atoms with van der Waals surface area (Å²) in [5.74, 6) is 0. The Labute approximate surface area is 103 Å². The van der Waals surface area contributed by atoms with Crippen LogP contribution in [-0.4, -0.2) is 0 Å². The van der Waals surface area contributed by atoms with E-state index >= 15 is 0 Å². The van der Waals surface area contributed by atoms with Crippen LogP contribution in [0.25, 0.3) is 9.75 Å². The average Bonchev–Trinajstić information content (AvgIpc) is 2.74. The van der Waals surface area contributed by atoms with Crippen molar-refractivity contribution < 1.29 is 0 Å². The Balaban J connectivity index is 2.30. The fourth-order valence-electron chi connectivity index (χ4n) is 0.999. The number of nitriles is 1. The number of hydrogen-bond acceptors (Lipinski definition) is 4. The SMILES string of the molecule is N#CSc1ccc(-c2ccc(Br)s2)s1. The highest BCUT2D eigenvalue weighted by Gasteiger charge is 2.05. The van der Waals surface area contributed by atoms with Gasteiger partial charge >= 0.3 is 0 Å². The summed E-state index contributed by atoms with van der Waals surface area (Å²) < 4.78 is 2.18. The molecule has 2 rings (SSSR count).